The van der Waals surface area contributed by atoms with Gasteiger partial charge >= 0.3 is 0 Å². The first kappa shape index (κ1) is 9.88. The molecular weight excluding hydrogens is 164 g/mol. The molecule has 1 fully saturated rings. The molecule has 12 heavy (non-hydrogen) atoms. The number of hydrogen-bond acceptors (Lipinski definition) is 5. The first-order valence-electron chi connectivity index (χ1n) is 3.84. The van der Waals surface area contributed by atoms with Crippen LogP contribution in [0.2, 0.25) is 0 Å². The molecule has 1 saturated heterocycles. The van der Waals surface area contributed by atoms with Gasteiger partial charge in [0.1, 0.15) is 6.10 Å². The molecule has 1 aliphatic heterocycles. The summed E-state index contributed by atoms with van der Waals surface area (Å²) in [5.41, 5.74) is 0. The fourth-order valence-corrected chi connectivity index (χ4v) is 1.23. The SMILES string of the molecule is CO[C@H]1OC(CO)CC(O)[C@H]1O. The second-order valence-corrected chi connectivity index (χ2v) is 2.84. The second kappa shape index (κ2) is 4.15. The molecule has 0 bridgehead atoms. The van der Waals surface area contributed by atoms with Crippen molar-refractivity contribution in [2.45, 2.75) is 31.0 Å². The molecule has 1 heterocycles. The summed E-state index contributed by atoms with van der Waals surface area (Å²) in [5, 5.41) is 27.3. The second-order valence-electron chi connectivity index (χ2n) is 2.84. The number of aliphatic hydroxyl groups is 3. The van der Waals surface area contributed by atoms with Crippen molar-refractivity contribution in [1.82, 2.24) is 0 Å². The van der Waals surface area contributed by atoms with Crippen LogP contribution in [0.5, 0.6) is 0 Å². The van der Waals surface area contributed by atoms with Gasteiger partial charge in [0.15, 0.2) is 6.29 Å². The zero-order valence-electron chi connectivity index (χ0n) is 6.88. The average molecular weight is 178 g/mol. The standard InChI is InChI=1S/C7H14O5/c1-11-7-6(10)5(9)2-4(3-8)12-7/h4-10H,2-3H2,1H3/t4?,5?,6-,7+/m1/s1. The van der Waals surface area contributed by atoms with Crippen LogP contribution in [-0.2, 0) is 9.47 Å². The highest BCUT2D eigenvalue weighted by Gasteiger charge is 2.36. The number of hydrogen-bond donors (Lipinski definition) is 3. The maximum absolute atomic E-state index is 9.27. The fourth-order valence-electron chi connectivity index (χ4n) is 1.23. The third-order valence-electron chi connectivity index (χ3n) is 1.94. The number of ether oxygens (including phenoxy) is 2. The Bertz CT molecular complexity index is 140. The summed E-state index contributed by atoms with van der Waals surface area (Å²) in [6, 6.07) is 0. The Morgan fingerprint density at radius 3 is 2.67 bits per heavy atom. The van der Waals surface area contributed by atoms with Crippen molar-refractivity contribution < 1.29 is 24.8 Å². The molecule has 0 radical (unpaired) electrons. The lowest BCUT2D eigenvalue weighted by Crippen LogP contribution is -2.49. The molecule has 72 valence electrons. The van der Waals surface area contributed by atoms with Gasteiger partial charge in [-0.3, -0.25) is 0 Å². The number of aliphatic hydroxyl groups excluding tert-OH is 3. The van der Waals surface area contributed by atoms with Crippen LogP contribution in [0, 0.1) is 0 Å². The fraction of sp³-hybridized carbons (Fsp3) is 1.00. The maximum Gasteiger partial charge on any atom is 0.186 e. The molecule has 0 spiro atoms. The van der Waals surface area contributed by atoms with Gasteiger partial charge in [-0.25, -0.2) is 0 Å². The summed E-state index contributed by atoms with van der Waals surface area (Å²) in [6.07, 6.45) is -2.98. The van der Waals surface area contributed by atoms with E-state index in [0.29, 0.717) is 0 Å². The Balaban J connectivity index is 2.52. The summed E-state index contributed by atoms with van der Waals surface area (Å²) in [6.45, 7) is -0.177. The molecule has 0 aromatic heterocycles. The zero-order chi connectivity index (χ0) is 9.14. The quantitative estimate of drug-likeness (QED) is 0.477. The van der Waals surface area contributed by atoms with Gasteiger partial charge in [0, 0.05) is 13.5 Å². The zero-order valence-corrected chi connectivity index (χ0v) is 6.88. The first-order chi connectivity index (χ1) is 5.69. The highest BCUT2D eigenvalue weighted by molar-refractivity contribution is 4.80. The van der Waals surface area contributed by atoms with Gasteiger partial charge in [-0.15, -0.1) is 0 Å². The Labute approximate surface area is 70.5 Å². The summed E-state index contributed by atoms with van der Waals surface area (Å²) in [7, 11) is 1.38. The van der Waals surface area contributed by atoms with Crippen molar-refractivity contribution in [1.29, 1.82) is 0 Å². The van der Waals surface area contributed by atoms with Crippen molar-refractivity contribution in [3.63, 3.8) is 0 Å². The highest BCUT2D eigenvalue weighted by atomic mass is 16.7. The summed E-state index contributed by atoms with van der Waals surface area (Å²) in [4.78, 5) is 0. The van der Waals surface area contributed by atoms with Crippen molar-refractivity contribution in [2.24, 2.45) is 0 Å². The van der Waals surface area contributed by atoms with Gasteiger partial charge in [-0.05, 0) is 0 Å². The van der Waals surface area contributed by atoms with Crippen LogP contribution in [0.15, 0.2) is 0 Å². The van der Waals surface area contributed by atoms with E-state index in [4.69, 9.17) is 14.6 Å². The van der Waals surface area contributed by atoms with Crippen LogP contribution >= 0.6 is 0 Å². The number of methoxy groups -OCH3 is 1. The van der Waals surface area contributed by atoms with Crippen LogP contribution in [0.1, 0.15) is 6.42 Å². The molecule has 2 unspecified atom stereocenters. The topological polar surface area (TPSA) is 79.2 Å². The van der Waals surface area contributed by atoms with Crippen LogP contribution in [0.25, 0.3) is 0 Å². The molecule has 3 N–H and O–H groups in total. The van der Waals surface area contributed by atoms with E-state index in [0.717, 1.165) is 0 Å². The van der Waals surface area contributed by atoms with Crippen LogP contribution in [-0.4, -0.2) is 53.6 Å². The Hall–Kier alpha value is -0.200. The molecule has 5 heteroatoms. The minimum Gasteiger partial charge on any atom is -0.394 e. The third kappa shape index (κ3) is 1.94. The molecule has 0 saturated carbocycles. The van der Waals surface area contributed by atoms with E-state index in [-0.39, 0.29) is 13.0 Å². The van der Waals surface area contributed by atoms with Crippen LogP contribution in [0.4, 0.5) is 0 Å². The molecule has 1 aliphatic rings. The van der Waals surface area contributed by atoms with Crippen molar-refractivity contribution in [3.8, 4) is 0 Å². The van der Waals surface area contributed by atoms with Crippen LogP contribution in [0.3, 0.4) is 0 Å². The Kier molecular flexibility index (Phi) is 3.42. The van der Waals surface area contributed by atoms with E-state index in [1.165, 1.54) is 7.11 Å². The van der Waals surface area contributed by atoms with E-state index < -0.39 is 24.6 Å². The molecule has 1 rings (SSSR count). The van der Waals surface area contributed by atoms with E-state index >= 15 is 0 Å². The minimum absolute atomic E-state index is 0.177. The maximum atomic E-state index is 9.27. The molecule has 5 nitrogen and oxygen atoms in total. The molecule has 0 aromatic rings. The van der Waals surface area contributed by atoms with Crippen molar-refractivity contribution >= 4 is 0 Å². The van der Waals surface area contributed by atoms with Crippen LogP contribution < -0.4 is 0 Å². The number of rotatable bonds is 2. The van der Waals surface area contributed by atoms with E-state index in [2.05, 4.69) is 0 Å². The largest absolute Gasteiger partial charge is 0.394 e. The van der Waals surface area contributed by atoms with Crippen molar-refractivity contribution in [3.05, 3.63) is 0 Å². The molecular formula is C7H14O5. The predicted octanol–water partition coefficient (Wildman–Crippen LogP) is -1.54. The lowest BCUT2D eigenvalue weighted by molar-refractivity contribution is -0.262. The average Bonchev–Trinajstić information content (AvgIpc) is 2.09. The summed E-state index contributed by atoms with van der Waals surface area (Å²) < 4.78 is 9.85. The van der Waals surface area contributed by atoms with E-state index in [1.807, 2.05) is 0 Å². The third-order valence-corrected chi connectivity index (χ3v) is 1.94. The van der Waals surface area contributed by atoms with Gasteiger partial charge in [-0.1, -0.05) is 0 Å². The molecule has 0 aromatic carbocycles. The van der Waals surface area contributed by atoms with Gasteiger partial charge in [-0.2, -0.15) is 0 Å². The minimum atomic E-state index is -1.03. The molecule has 4 atom stereocenters. The Morgan fingerprint density at radius 2 is 2.17 bits per heavy atom. The monoisotopic (exact) mass is 178 g/mol. The summed E-state index contributed by atoms with van der Waals surface area (Å²) >= 11 is 0. The Morgan fingerprint density at radius 1 is 1.50 bits per heavy atom. The lowest BCUT2D eigenvalue weighted by Gasteiger charge is -2.35. The van der Waals surface area contributed by atoms with Crippen molar-refractivity contribution in [2.75, 3.05) is 13.7 Å². The smallest absolute Gasteiger partial charge is 0.186 e. The van der Waals surface area contributed by atoms with E-state index in [1.54, 1.807) is 0 Å². The molecule has 0 amide bonds. The first-order valence-corrected chi connectivity index (χ1v) is 3.84. The summed E-state index contributed by atoms with van der Waals surface area (Å²) in [5.74, 6) is 0. The van der Waals surface area contributed by atoms with Gasteiger partial charge in [0.2, 0.25) is 0 Å². The highest BCUT2D eigenvalue weighted by Crippen LogP contribution is 2.20. The van der Waals surface area contributed by atoms with Gasteiger partial charge < -0.3 is 24.8 Å². The lowest BCUT2D eigenvalue weighted by atomic mass is 10.0. The normalized spacial score (nSPS) is 43.0. The predicted molar refractivity (Wildman–Crippen MR) is 39.4 cm³/mol. The van der Waals surface area contributed by atoms with E-state index in [9.17, 15) is 10.2 Å². The molecule has 0 aliphatic carbocycles. The van der Waals surface area contributed by atoms with Gasteiger partial charge in [0.05, 0.1) is 18.8 Å². The van der Waals surface area contributed by atoms with Gasteiger partial charge in [0.25, 0.3) is 0 Å².